The molecule has 1 aliphatic carbocycles. The fourth-order valence-electron chi connectivity index (χ4n) is 2.42. The fourth-order valence-corrected chi connectivity index (χ4v) is 2.42. The third-order valence-electron chi connectivity index (χ3n) is 3.48. The lowest BCUT2D eigenvalue weighted by Crippen LogP contribution is -2.13. The summed E-state index contributed by atoms with van der Waals surface area (Å²) in [5, 5.41) is 0. The molecule has 1 aliphatic rings. The summed E-state index contributed by atoms with van der Waals surface area (Å²) in [6.45, 7) is 0. The highest BCUT2D eigenvalue weighted by Crippen LogP contribution is 2.32. The van der Waals surface area contributed by atoms with Gasteiger partial charge in [0.2, 0.25) is 5.91 Å². The molecule has 4 nitrogen and oxygen atoms in total. The van der Waals surface area contributed by atoms with Crippen molar-refractivity contribution in [2.24, 2.45) is 5.73 Å². The predicted octanol–water partition coefficient (Wildman–Crippen LogP) is 2.43. The first kappa shape index (κ1) is 13.7. The van der Waals surface area contributed by atoms with Crippen LogP contribution in [0.2, 0.25) is 0 Å². The van der Waals surface area contributed by atoms with Crippen molar-refractivity contribution in [2.45, 2.75) is 44.6 Å². The molecule has 1 aromatic carbocycles. The molecule has 0 aromatic heterocycles. The van der Waals surface area contributed by atoms with Gasteiger partial charge in [0.15, 0.2) is 11.5 Å². The summed E-state index contributed by atoms with van der Waals surface area (Å²) in [6, 6.07) is 5.80. The third-order valence-corrected chi connectivity index (χ3v) is 3.48. The Balaban J connectivity index is 2.08. The van der Waals surface area contributed by atoms with E-state index >= 15 is 0 Å². The number of carbonyl (C=O) groups is 1. The van der Waals surface area contributed by atoms with Gasteiger partial charge < -0.3 is 15.2 Å². The van der Waals surface area contributed by atoms with Gasteiger partial charge in [-0.3, -0.25) is 4.79 Å². The highest BCUT2D eigenvalue weighted by atomic mass is 16.5. The van der Waals surface area contributed by atoms with Crippen molar-refractivity contribution in [3.05, 3.63) is 23.8 Å². The Bertz CT molecular complexity index is 439. The van der Waals surface area contributed by atoms with E-state index in [1.807, 2.05) is 18.2 Å². The van der Waals surface area contributed by atoms with Gasteiger partial charge in [0, 0.05) is 6.42 Å². The van der Waals surface area contributed by atoms with Crippen LogP contribution in [-0.2, 0) is 11.2 Å². The largest absolute Gasteiger partial charge is 0.493 e. The molecule has 1 aromatic rings. The summed E-state index contributed by atoms with van der Waals surface area (Å²) in [6.07, 6.45) is 5.96. The van der Waals surface area contributed by atoms with Crippen molar-refractivity contribution < 1.29 is 14.3 Å². The standard InChI is InChI=1S/C15H21NO3/c1-18-13-8-6-11(7-9-15(16)17)10-14(13)19-12-4-2-3-5-12/h6,8,10,12H,2-5,7,9H2,1H3,(H2,16,17). The number of carbonyl (C=O) groups excluding carboxylic acids is 1. The van der Waals surface area contributed by atoms with Crippen molar-refractivity contribution in [1.82, 2.24) is 0 Å². The smallest absolute Gasteiger partial charge is 0.217 e. The van der Waals surface area contributed by atoms with Crippen molar-refractivity contribution in [1.29, 1.82) is 0 Å². The number of amides is 1. The summed E-state index contributed by atoms with van der Waals surface area (Å²) >= 11 is 0. The maximum Gasteiger partial charge on any atom is 0.217 e. The average Bonchev–Trinajstić information content (AvgIpc) is 2.89. The minimum absolute atomic E-state index is 0.283. The van der Waals surface area contributed by atoms with E-state index in [9.17, 15) is 4.79 Å². The van der Waals surface area contributed by atoms with Gasteiger partial charge in [-0.1, -0.05) is 6.07 Å². The lowest BCUT2D eigenvalue weighted by atomic mass is 10.1. The Morgan fingerprint density at radius 3 is 2.68 bits per heavy atom. The Kier molecular flexibility index (Phi) is 4.66. The van der Waals surface area contributed by atoms with Crippen molar-refractivity contribution >= 4 is 5.91 Å². The number of methoxy groups -OCH3 is 1. The maximum absolute atomic E-state index is 10.8. The normalized spacial score (nSPS) is 15.4. The van der Waals surface area contributed by atoms with E-state index in [4.69, 9.17) is 15.2 Å². The molecule has 0 atom stereocenters. The van der Waals surface area contributed by atoms with E-state index in [0.717, 1.165) is 29.9 Å². The minimum atomic E-state index is -0.283. The van der Waals surface area contributed by atoms with Crippen LogP contribution in [0.4, 0.5) is 0 Å². The van der Waals surface area contributed by atoms with Gasteiger partial charge >= 0.3 is 0 Å². The molecule has 1 amide bonds. The molecule has 0 spiro atoms. The fraction of sp³-hybridized carbons (Fsp3) is 0.533. The van der Waals surface area contributed by atoms with E-state index < -0.39 is 0 Å². The van der Waals surface area contributed by atoms with Gasteiger partial charge in [-0.15, -0.1) is 0 Å². The van der Waals surface area contributed by atoms with E-state index in [-0.39, 0.29) is 5.91 Å². The molecule has 2 rings (SSSR count). The van der Waals surface area contributed by atoms with E-state index in [1.54, 1.807) is 7.11 Å². The molecule has 104 valence electrons. The van der Waals surface area contributed by atoms with Crippen LogP contribution < -0.4 is 15.2 Å². The second-order valence-electron chi connectivity index (χ2n) is 4.98. The highest BCUT2D eigenvalue weighted by Gasteiger charge is 2.18. The molecule has 0 aliphatic heterocycles. The molecule has 1 fully saturated rings. The van der Waals surface area contributed by atoms with Crippen LogP contribution in [0.3, 0.4) is 0 Å². The zero-order valence-electron chi connectivity index (χ0n) is 11.4. The minimum Gasteiger partial charge on any atom is -0.493 e. The van der Waals surface area contributed by atoms with Gasteiger partial charge in [-0.2, -0.15) is 0 Å². The Morgan fingerprint density at radius 2 is 2.05 bits per heavy atom. The molecule has 0 saturated heterocycles. The Labute approximate surface area is 113 Å². The number of hydrogen-bond donors (Lipinski definition) is 1. The first-order valence-corrected chi connectivity index (χ1v) is 6.81. The average molecular weight is 263 g/mol. The van der Waals surface area contributed by atoms with Crippen molar-refractivity contribution in [2.75, 3.05) is 7.11 Å². The number of primary amides is 1. The molecular weight excluding hydrogens is 242 g/mol. The van der Waals surface area contributed by atoms with Crippen LogP contribution in [0.5, 0.6) is 11.5 Å². The molecular formula is C15H21NO3. The van der Waals surface area contributed by atoms with Crippen LogP contribution in [0, 0.1) is 0 Å². The van der Waals surface area contributed by atoms with Crippen LogP contribution in [-0.4, -0.2) is 19.1 Å². The topological polar surface area (TPSA) is 61.5 Å². The summed E-state index contributed by atoms with van der Waals surface area (Å²) in [7, 11) is 1.64. The molecule has 0 bridgehead atoms. The van der Waals surface area contributed by atoms with Gasteiger partial charge in [0.1, 0.15) is 0 Å². The second kappa shape index (κ2) is 6.45. The number of aryl methyl sites for hydroxylation is 1. The van der Waals surface area contributed by atoms with Gasteiger partial charge in [-0.05, 0) is 49.8 Å². The SMILES string of the molecule is COc1ccc(CCC(N)=O)cc1OC1CCCC1. The molecule has 19 heavy (non-hydrogen) atoms. The number of rotatable bonds is 6. The summed E-state index contributed by atoms with van der Waals surface area (Å²) in [4.78, 5) is 10.8. The lowest BCUT2D eigenvalue weighted by Gasteiger charge is -2.16. The molecule has 4 heteroatoms. The predicted molar refractivity (Wildman–Crippen MR) is 73.4 cm³/mol. The number of ether oxygens (including phenoxy) is 2. The second-order valence-corrected chi connectivity index (χ2v) is 4.98. The zero-order valence-corrected chi connectivity index (χ0v) is 11.4. The maximum atomic E-state index is 10.8. The quantitative estimate of drug-likeness (QED) is 0.857. The third kappa shape index (κ3) is 3.88. The zero-order chi connectivity index (χ0) is 13.7. The number of benzene rings is 1. The van der Waals surface area contributed by atoms with Gasteiger partial charge in [0.25, 0.3) is 0 Å². The molecule has 0 unspecified atom stereocenters. The first-order valence-electron chi connectivity index (χ1n) is 6.81. The molecule has 0 radical (unpaired) electrons. The van der Waals surface area contributed by atoms with Gasteiger partial charge in [-0.25, -0.2) is 0 Å². The number of hydrogen-bond acceptors (Lipinski definition) is 3. The summed E-state index contributed by atoms with van der Waals surface area (Å²) in [5.74, 6) is 1.24. The number of nitrogens with two attached hydrogens (primary N) is 1. The molecule has 2 N–H and O–H groups in total. The Hall–Kier alpha value is -1.71. The van der Waals surface area contributed by atoms with E-state index in [2.05, 4.69) is 0 Å². The monoisotopic (exact) mass is 263 g/mol. The summed E-state index contributed by atoms with van der Waals surface area (Å²) < 4.78 is 11.3. The van der Waals surface area contributed by atoms with Gasteiger partial charge in [0.05, 0.1) is 13.2 Å². The van der Waals surface area contributed by atoms with E-state index in [1.165, 1.54) is 12.8 Å². The molecule has 1 saturated carbocycles. The molecule has 0 heterocycles. The lowest BCUT2D eigenvalue weighted by molar-refractivity contribution is -0.117. The van der Waals surface area contributed by atoms with Crippen molar-refractivity contribution in [3.63, 3.8) is 0 Å². The highest BCUT2D eigenvalue weighted by molar-refractivity contribution is 5.74. The van der Waals surface area contributed by atoms with Crippen LogP contribution >= 0.6 is 0 Å². The van der Waals surface area contributed by atoms with Crippen LogP contribution in [0.1, 0.15) is 37.7 Å². The van der Waals surface area contributed by atoms with Crippen LogP contribution in [0.25, 0.3) is 0 Å². The van der Waals surface area contributed by atoms with Crippen LogP contribution in [0.15, 0.2) is 18.2 Å². The van der Waals surface area contributed by atoms with Crippen molar-refractivity contribution in [3.8, 4) is 11.5 Å². The first-order chi connectivity index (χ1) is 9.19. The van der Waals surface area contributed by atoms with E-state index in [0.29, 0.717) is 18.9 Å². The Morgan fingerprint density at radius 1 is 1.32 bits per heavy atom. The summed E-state index contributed by atoms with van der Waals surface area (Å²) in [5.41, 5.74) is 6.22.